The third-order valence-electron chi connectivity index (χ3n) is 5.93. The van der Waals surface area contributed by atoms with Gasteiger partial charge < -0.3 is 4.90 Å². The molecule has 0 aliphatic carbocycles. The Morgan fingerprint density at radius 1 is 1.10 bits per heavy atom. The maximum absolute atomic E-state index is 2.85. The van der Waals surface area contributed by atoms with Crippen LogP contribution in [-0.4, -0.2) is 72.6 Å². The summed E-state index contributed by atoms with van der Waals surface area (Å²) in [7, 11) is 0. The summed E-state index contributed by atoms with van der Waals surface area (Å²) in [6.07, 6.45) is 5.72. The van der Waals surface area contributed by atoms with Gasteiger partial charge in [0.1, 0.15) is 0 Å². The highest BCUT2D eigenvalue weighted by Crippen LogP contribution is 2.40. The molecule has 0 amide bonds. The second kappa shape index (κ2) is 5.94. The Morgan fingerprint density at radius 2 is 1.90 bits per heavy atom. The standard InChI is InChI=1S/C17H33N3/c1-4-18-12-17(13-18)8-6-10-20(14-17)16-7-5-9-19(11-16)15(2)3/h15-16H,4-14H2,1-3H3. The van der Waals surface area contributed by atoms with Crippen LogP contribution in [0.15, 0.2) is 0 Å². The van der Waals surface area contributed by atoms with E-state index in [0.717, 1.165) is 12.1 Å². The van der Waals surface area contributed by atoms with E-state index < -0.39 is 0 Å². The number of rotatable bonds is 3. The Hall–Kier alpha value is -0.120. The van der Waals surface area contributed by atoms with Crippen LogP contribution in [0.1, 0.15) is 46.5 Å². The van der Waals surface area contributed by atoms with Gasteiger partial charge in [-0.2, -0.15) is 0 Å². The highest BCUT2D eigenvalue weighted by atomic mass is 15.3. The monoisotopic (exact) mass is 279 g/mol. The lowest BCUT2D eigenvalue weighted by Gasteiger charge is -2.56. The van der Waals surface area contributed by atoms with E-state index in [-0.39, 0.29) is 0 Å². The average molecular weight is 279 g/mol. The molecule has 1 unspecified atom stereocenters. The average Bonchev–Trinajstić information content (AvgIpc) is 2.44. The molecule has 3 aliphatic rings. The van der Waals surface area contributed by atoms with Crippen molar-refractivity contribution in [2.45, 2.75) is 58.5 Å². The van der Waals surface area contributed by atoms with Crippen molar-refractivity contribution in [2.75, 3.05) is 45.8 Å². The molecular formula is C17H33N3. The van der Waals surface area contributed by atoms with E-state index in [9.17, 15) is 0 Å². The quantitative estimate of drug-likeness (QED) is 0.785. The van der Waals surface area contributed by atoms with Crippen molar-refractivity contribution in [3.05, 3.63) is 0 Å². The summed E-state index contributed by atoms with van der Waals surface area (Å²) in [5.74, 6) is 0. The summed E-state index contributed by atoms with van der Waals surface area (Å²) in [5.41, 5.74) is 0.661. The first kappa shape index (κ1) is 14.8. The third-order valence-corrected chi connectivity index (χ3v) is 5.93. The number of hydrogen-bond donors (Lipinski definition) is 0. The van der Waals surface area contributed by atoms with Gasteiger partial charge in [0.15, 0.2) is 0 Å². The minimum absolute atomic E-state index is 0.661. The molecule has 20 heavy (non-hydrogen) atoms. The van der Waals surface area contributed by atoms with Crippen LogP contribution in [0.25, 0.3) is 0 Å². The van der Waals surface area contributed by atoms with Crippen molar-refractivity contribution in [2.24, 2.45) is 5.41 Å². The van der Waals surface area contributed by atoms with Crippen LogP contribution in [0, 0.1) is 5.41 Å². The van der Waals surface area contributed by atoms with Crippen LogP contribution >= 0.6 is 0 Å². The van der Waals surface area contributed by atoms with Crippen molar-refractivity contribution in [1.29, 1.82) is 0 Å². The van der Waals surface area contributed by atoms with E-state index in [1.807, 2.05) is 0 Å². The summed E-state index contributed by atoms with van der Waals surface area (Å²) in [4.78, 5) is 8.16. The first-order valence-electron chi connectivity index (χ1n) is 8.82. The van der Waals surface area contributed by atoms with Crippen molar-refractivity contribution >= 4 is 0 Å². The Morgan fingerprint density at radius 3 is 2.60 bits per heavy atom. The van der Waals surface area contributed by atoms with Gasteiger partial charge in [-0.1, -0.05) is 6.92 Å². The van der Waals surface area contributed by atoms with E-state index in [2.05, 4.69) is 35.5 Å². The largest absolute Gasteiger partial charge is 0.302 e. The topological polar surface area (TPSA) is 9.72 Å². The molecule has 3 fully saturated rings. The van der Waals surface area contributed by atoms with E-state index in [0.29, 0.717) is 5.41 Å². The normalized spacial score (nSPS) is 32.7. The molecule has 0 radical (unpaired) electrons. The number of hydrogen-bond acceptors (Lipinski definition) is 3. The van der Waals surface area contributed by atoms with Gasteiger partial charge in [-0.25, -0.2) is 0 Å². The Bertz CT molecular complexity index is 322. The van der Waals surface area contributed by atoms with Gasteiger partial charge >= 0.3 is 0 Å². The van der Waals surface area contributed by atoms with Crippen LogP contribution in [-0.2, 0) is 0 Å². The second-order valence-corrected chi connectivity index (χ2v) is 7.76. The fraction of sp³-hybridized carbons (Fsp3) is 1.00. The molecule has 3 nitrogen and oxygen atoms in total. The van der Waals surface area contributed by atoms with Gasteiger partial charge in [-0.3, -0.25) is 9.80 Å². The highest BCUT2D eigenvalue weighted by molar-refractivity contribution is 5.00. The van der Waals surface area contributed by atoms with Gasteiger partial charge in [0.05, 0.1) is 0 Å². The van der Waals surface area contributed by atoms with Crippen LogP contribution in [0.5, 0.6) is 0 Å². The lowest BCUT2D eigenvalue weighted by Crippen LogP contribution is -2.64. The van der Waals surface area contributed by atoms with Crippen LogP contribution in [0.3, 0.4) is 0 Å². The summed E-state index contributed by atoms with van der Waals surface area (Å²) in [6, 6.07) is 1.55. The van der Waals surface area contributed by atoms with Crippen LogP contribution in [0.4, 0.5) is 0 Å². The Kier molecular flexibility index (Phi) is 4.40. The number of piperidine rings is 2. The van der Waals surface area contributed by atoms with Gasteiger partial charge in [0.2, 0.25) is 0 Å². The van der Waals surface area contributed by atoms with E-state index >= 15 is 0 Å². The molecule has 0 bridgehead atoms. The molecule has 3 heterocycles. The first-order chi connectivity index (χ1) is 9.62. The van der Waals surface area contributed by atoms with E-state index in [1.54, 1.807) is 0 Å². The molecule has 1 spiro atoms. The SMILES string of the molecule is CCN1CC2(CCCN(C3CCCN(C(C)C)C3)C2)C1. The van der Waals surface area contributed by atoms with Crippen molar-refractivity contribution in [1.82, 2.24) is 14.7 Å². The van der Waals surface area contributed by atoms with Crippen molar-refractivity contribution in [3.8, 4) is 0 Å². The number of nitrogens with zero attached hydrogens (tertiary/aromatic N) is 3. The summed E-state index contributed by atoms with van der Waals surface area (Å²) in [6.45, 7) is 16.3. The summed E-state index contributed by atoms with van der Waals surface area (Å²) >= 11 is 0. The molecule has 0 aromatic heterocycles. The lowest BCUT2D eigenvalue weighted by molar-refractivity contribution is -0.0702. The summed E-state index contributed by atoms with van der Waals surface area (Å²) < 4.78 is 0. The zero-order valence-corrected chi connectivity index (χ0v) is 13.8. The van der Waals surface area contributed by atoms with E-state index in [4.69, 9.17) is 0 Å². The molecule has 3 heteroatoms. The van der Waals surface area contributed by atoms with Crippen LogP contribution in [0.2, 0.25) is 0 Å². The summed E-state index contributed by atoms with van der Waals surface area (Å²) in [5, 5.41) is 0. The van der Waals surface area contributed by atoms with Crippen molar-refractivity contribution in [3.63, 3.8) is 0 Å². The molecule has 0 saturated carbocycles. The maximum atomic E-state index is 2.85. The number of likely N-dealkylation sites (tertiary alicyclic amines) is 3. The maximum Gasteiger partial charge on any atom is 0.0224 e. The molecule has 0 aromatic rings. The molecule has 0 aromatic carbocycles. The Labute approximate surface area is 125 Å². The predicted octanol–water partition coefficient (Wildman–Crippen LogP) is 2.28. The minimum atomic E-state index is 0.661. The molecule has 1 atom stereocenters. The molecule has 3 saturated heterocycles. The predicted molar refractivity (Wildman–Crippen MR) is 85.1 cm³/mol. The fourth-order valence-electron chi connectivity index (χ4n) is 4.69. The van der Waals surface area contributed by atoms with Gasteiger partial charge in [0.25, 0.3) is 0 Å². The van der Waals surface area contributed by atoms with Gasteiger partial charge in [0, 0.05) is 43.7 Å². The zero-order valence-electron chi connectivity index (χ0n) is 13.8. The molecule has 3 aliphatic heterocycles. The van der Waals surface area contributed by atoms with Crippen LogP contribution < -0.4 is 0 Å². The molecule has 3 rings (SSSR count). The Balaban J connectivity index is 1.57. The first-order valence-corrected chi connectivity index (χ1v) is 8.82. The fourth-order valence-corrected chi connectivity index (χ4v) is 4.69. The zero-order chi connectivity index (χ0) is 14.2. The highest BCUT2D eigenvalue weighted by Gasteiger charge is 2.46. The second-order valence-electron chi connectivity index (χ2n) is 7.76. The van der Waals surface area contributed by atoms with Gasteiger partial charge in [-0.15, -0.1) is 0 Å². The van der Waals surface area contributed by atoms with E-state index in [1.165, 1.54) is 71.5 Å². The molecular weight excluding hydrogens is 246 g/mol. The minimum Gasteiger partial charge on any atom is -0.302 e. The molecule has 0 N–H and O–H groups in total. The van der Waals surface area contributed by atoms with Gasteiger partial charge in [-0.05, 0) is 59.2 Å². The molecule has 116 valence electrons. The lowest BCUT2D eigenvalue weighted by atomic mass is 9.73. The smallest absolute Gasteiger partial charge is 0.0224 e. The third kappa shape index (κ3) is 2.90. The van der Waals surface area contributed by atoms with Crippen molar-refractivity contribution < 1.29 is 0 Å².